The molecule has 1 aromatic heterocycles. The highest BCUT2D eigenvalue weighted by Crippen LogP contribution is 2.33. The van der Waals surface area contributed by atoms with Gasteiger partial charge < -0.3 is 4.74 Å². The zero-order chi connectivity index (χ0) is 23.2. The number of fused-ring (bicyclic) bond motifs is 3. The third-order valence-electron chi connectivity index (χ3n) is 6.20. The van der Waals surface area contributed by atoms with Crippen LogP contribution in [-0.4, -0.2) is 67.1 Å². The number of benzene rings is 1. The van der Waals surface area contributed by atoms with Crippen molar-refractivity contribution in [2.24, 2.45) is 5.92 Å². The molecule has 2 aliphatic heterocycles. The van der Waals surface area contributed by atoms with Gasteiger partial charge >= 0.3 is 5.97 Å². The van der Waals surface area contributed by atoms with Gasteiger partial charge in [0.1, 0.15) is 0 Å². The topological polar surface area (TPSA) is 114 Å². The Morgan fingerprint density at radius 1 is 1.16 bits per heavy atom. The van der Waals surface area contributed by atoms with Gasteiger partial charge in [0.15, 0.2) is 0 Å². The van der Waals surface area contributed by atoms with Crippen molar-refractivity contribution in [3.05, 3.63) is 35.0 Å². The molecule has 1 fully saturated rings. The Balaban J connectivity index is 1.77. The van der Waals surface area contributed by atoms with E-state index in [9.17, 15) is 22.8 Å². The van der Waals surface area contributed by atoms with Crippen LogP contribution in [0.25, 0.3) is 10.9 Å². The molecule has 1 saturated heterocycles. The lowest BCUT2D eigenvalue weighted by Crippen LogP contribution is -2.37. The number of sulfonamides is 1. The van der Waals surface area contributed by atoms with E-state index in [1.165, 1.54) is 23.5 Å². The first-order chi connectivity index (χ1) is 15.1. The van der Waals surface area contributed by atoms with Crippen LogP contribution in [0.1, 0.15) is 52.6 Å². The number of aryl methyl sites for hydroxylation is 1. The number of carbonyl (C=O) groups is 3. The van der Waals surface area contributed by atoms with Gasteiger partial charge in [-0.1, -0.05) is 6.92 Å². The average Bonchev–Trinajstić information content (AvgIpc) is 3.02. The fourth-order valence-electron chi connectivity index (χ4n) is 4.25. The van der Waals surface area contributed by atoms with E-state index in [1.807, 2.05) is 0 Å². The lowest BCUT2D eigenvalue weighted by Gasteiger charge is -2.29. The fraction of sp³-hybridized carbons (Fsp3) is 0.455. The van der Waals surface area contributed by atoms with Crippen molar-refractivity contribution in [2.45, 2.75) is 38.0 Å². The summed E-state index contributed by atoms with van der Waals surface area (Å²) >= 11 is 0. The summed E-state index contributed by atoms with van der Waals surface area (Å²) in [7, 11) is -2.51. The molecule has 0 unspecified atom stereocenters. The molecule has 4 rings (SSSR count). The molecule has 0 bridgehead atoms. The normalized spacial score (nSPS) is 17.8. The summed E-state index contributed by atoms with van der Waals surface area (Å²) in [6.45, 7) is 4.51. The van der Waals surface area contributed by atoms with Crippen LogP contribution in [0.4, 0.5) is 0 Å². The molecule has 0 aliphatic carbocycles. The Kier molecular flexibility index (Phi) is 5.76. The summed E-state index contributed by atoms with van der Waals surface area (Å²) in [6.07, 6.45) is 1.47. The minimum Gasteiger partial charge on any atom is -0.469 e. The van der Waals surface area contributed by atoms with Gasteiger partial charge in [-0.05, 0) is 43.9 Å². The van der Waals surface area contributed by atoms with Crippen molar-refractivity contribution in [2.75, 3.05) is 26.7 Å². The molecule has 10 heteroatoms. The van der Waals surface area contributed by atoms with Gasteiger partial charge in [-0.2, -0.15) is 4.31 Å². The van der Waals surface area contributed by atoms with Crippen molar-refractivity contribution >= 4 is 38.7 Å². The van der Waals surface area contributed by atoms with Crippen LogP contribution >= 0.6 is 0 Å². The van der Waals surface area contributed by atoms with Gasteiger partial charge in [0.05, 0.1) is 40.8 Å². The first-order valence-electron chi connectivity index (χ1n) is 10.5. The minimum atomic E-state index is -3.74. The second-order valence-electron chi connectivity index (χ2n) is 8.30. The lowest BCUT2D eigenvalue weighted by atomic mass is 10.0. The highest BCUT2D eigenvalue weighted by molar-refractivity contribution is 7.89. The molecule has 0 saturated carbocycles. The Morgan fingerprint density at radius 3 is 2.47 bits per heavy atom. The molecule has 2 amide bonds. The Morgan fingerprint density at radius 2 is 1.81 bits per heavy atom. The Hall–Kier alpha value is -2.85. The van der Waals surface area contributed by atoms with Crippen LogP contribution in [0.5, 0.6) is 0 Å². The summed E-state index contributed by atoms with van der Waals surface area (Å²) in [5, 5.41) is 0.316. The smallest absolute Gasteiger partial charge is 0.307 e. The van der Waals surface area contributed by atoms with E-state index in [0.717, 1.165) is 17.7 Å². The van der Waals surface area contributed by atoms with E-state index in [0.29, 0.717) is 35.6 Å². The summed E-state index contributed by atoms with van der Waals surface area (Å²) < 4.78 is 32.5. The van der Waals surface area contributed by atoms with Crippen molar-refractivity contribution < 1.29 is 27.5 Å². The maximum Gasteiger partial charge on any atom is 0.307 e. The molecule has 1 aromatic carbocycles. The number of esters is 1. The maximum atomic E-state index is 13.2. The number of amides is 2. The number of aromatic nitrogens is 1. The van der Waals surface area contributed by atoms with Gasteiger partial charge in [0.2, 0.25) is 10.0 Å². The van der Waals surface area contributed by atoms with E-state index >= 15 is 0 Å². The number of nitrogens with zero attached hydrogens (tertiary/aromatic N) is 3. The quantitative estimate of drug-likeness (QED) is 0.497. The number of methoxy groups -OCH3 is 1. The second-order valence-corrected chi connectivity index (χ2v) is 10.2. The molecule has 2 aliphatic rings. The predicted molar refractivity (Wildman–Crippen MR) is 116 cm³/mol. The van der Waals surface area contributed by atoms with E-state index in [4.69, 9.17) is 0 Å². The number of imide groups is 1. The number of carbonyl (C=O) groups excluding carboxylic acids is 3. The predicted octanol–water partition coefficient (Wildman–Crippen LogP) is 2.12. The van der Waals surface area contributed by atoms with Crippen molar-refractivity contribution in [1.29, 1.82) is 0 Å². The monoisotopic (exact) mass is 459 g/mol. The molecule has 32 heavy (non-hydrogen) atoms. The van der Waals surface area contributed by atoms with E-state index < -0.39 is 27.8 Å². The van der Waals surface area contributed by atoms with Gasteiger partial charge in [-0.3, -0.25) is 24.3 Å². The maximum absolute atomic E-state index is 13.2. The number of rotatable bonds is 5. The standard InChI is InChI=1S/C22H25N3O6S/c1-13-6-9-24(10-7-13)32(29,30)15-4-5-17-16(12-15)20-19(14(2)23-17)21(27)25(22(20)28)11-8-18(26)31-3/h4-5,12-13H,6-11H2,1-3H3. The van der Waals surface area contributed by atoms with Crippen LogP contribution in [0.3, 0.4) is 0 Å². The van der Waals surface area contributed by atoms with Crippen molar-refractivity contribution in [3.63, 3.8) is 0 Å². The van der Waals surface area contributed by atoms with Crippen molar-refractivity contribution in [3.8, 4) is 0 Å². The summed E-state index contributed by atoms with van der Waals surface area (Å²) in [5.41, 5.74) is 1.09. The Bertz CT molecular complexity index is 1230. The van der Waals surface area contributed by atoms with Crippen molar-refractivity contribution in [1.82, 2.24) is 14.2 Å². The van der Waals surface area contributed by atoms with Crippen LogP contribution in [0, 0.1) is 12.8 Å². The van der Waals surface area contributed by atoms with Gasteiger partial charge in [-0.25, -0.2) is 8.42 Å². The molecule has 0 N–H and O–H groups in total. The van der Waals surface area contributed by atoms with E-state index in [2.05, 4.69) is 16.6 Å². The zero-order valence-corrected chi connectivity index (χ0v) is 19.1. The third kappa shape index (κ3) is 3.67. The molecule has 0 radical (unpaired) electrons. The number of hydrogen-bond donors (Lipinski definition) is 0. The first kappa shape index (κ1) is 22.3. The average molecular weight is 460 g/mol. The summed E-state index contributed by atoms with van der Waals surface area (Å²) in [5.74, 6) is -1.16. The molecule has 3 heterocycles. The van der Waals surface area contributed by atoms with Crippen LogP contribution in [0.15, 0.2) is 23.1 Å². The number of ether oxygens (including phenoxy) is 1. The molecule has 2 aromatic rings. The van der Waals surface area contributed by atoms with Crippen LogP contribution in [-0.2, 0) is 19.6 Å². The first-order valence-corrected chi connectivity index (χ1v) is 12.0. The highest BCUT2D eigenvalue weighted by atomic mass is 32.2. The van der Waals surface area contributed by atoms with Gasteiger partial charge in [0, 0.05) is 25.0 Å². The second kappa shape index (κ2) is 8.25. The number of pyridine rings is 1. The molecule has 170 valence electrons. The fourth-order valence-corrected chi connectivity index (χ4v) is 5.75. The molecule has 0 atom stereocenters. The molecular weight excluding hydrogens is 434 g/mol. The minimum absolute atomic E-state index is 0.0701. The van der Waals surface area contributed by atoms with Gasteiger partial charge in [-0.15, -0.1) is 0 Å². The highest BCUT2D eigenvalue weighted by Gasteiger charge is 2.39. The molecule has 9 nitrogen and oxygen atoms in total. The molecular formula is C22H25N3O6S. The summed E-state index contributed by atoms with van der Waals surface area (Å²) in [6, 6.07) is 4.49. The lowest BCUT2D eigenvalue weighted by molar-refractivity contribution is -0.140. The van der Waals surface area contributed by atoms with E-state index in [1.54, 1.807) is 13.0 Å². The van der Waals surface area contributed by atoms with E-state index in [-0.39, 0.29) is 29.0 Å². The third-order valence-corrected chi connectivity index (χ3v) is 8.10. The van der Waals surface area contributed by atoms with Gasteiger partial charge in [0.25, 0.3) is 11.8 Å². The zero-order valence-electron chi connectivity index (χ0n) is 18.3. The SMILES string of the molecule is COC(=O)CCN1C(=O)c2c(C)nc3ccc(S(=O)(=O)N4CCC(C)CC4)cc3c2C1=O. The van der Waals surface area contributed by atoms with Crippen LogP contribution in [0.2, 0.25) is 0 Å². The Labute approximate surface area is 186 Å². The number of piperidine rings is 1. The largest absolute Gasteiger partial charge is 0.469 e. The van der Waals surface area contributed by atoms with Crippen LogP contribution < -0.4 is 0 Å². The molecule has 0 spiro atoms. The number of hydrogen-bond acceptors (Lipinski definition) is 7. The summed E-state index contributed by atoms with van der Waals surface area (Å²) in [4.78, 5) is 43.0.